The highest BCUT2D eigenvalue weighted by molar-refractivity contribution is 5.95. The zero-order valence-electron chi connectivity index (χ0n) is 12.4. The van der Waals surface area contributed by atoms with E-state index in [2.05, 4.69) is 9.88 Å². The first-order valence-corrected chi connectivity index (χ1v) is 7.55. The number of likely N-dealkylation sites (tertiary alicyclic amines) is 1. The minimum Gasteiger partial charge on any atom is -0.465 e. The Morgan fingerprint density at radius 1 is 1.29 bits per heavy atom. The van der Waals surface area contributed by atoms with Gasteiger partial charge in [0.15, 0.2) is 5.65 Å². The van der Waals surface area contributed by atoms with Crippen molar-refractivity contribution < 1.29 is 9.53 Å². The summed E-state index contributed by atoms with van der Waals surface area (Å²) in [7, 11) is 1.40. The molecule has 112 valence electrons. The number of carbonyl (C=O) groups is 1. The first-order valence-electron chi connectivity index (χ1n) is 7.55. The maximum absolute atomic E-state index is 11.8. The molecule has 0 amide bonds. The van der Waals surface area contributed by atoms with Crippen LogP contribution in [0.2, 0.25) is 0 Å². The smallest absolute Gasteiger partial charge is 0.341 e. The summed E-state index contributed by atoms with van der Waals surface area (Å²) < 4.78 is 6.72. The highest BCUT2D eigenvalue weighted by Gasteiger charge is 2.15. The largest absolute Gasteiger partial charge is 0.465 e. The Balaban J connectivity index is 1.85. The lowest BCUT2D eigenvalue weighted by molar-refractivity contribution is 0.0602. The molecule has 2 aromatic heterocycles. The second-order valence-electron chi connectivity index (χ2n) is 5.57. The molecule has 0 saturated carbocycles. The lowest BCUT2D eigenvalue weighted by Gasteiger charge is -2.17. The van der Waals surface area contributed by atoms with Crippen molar-refractivity contribution in [3.05, 3.63) is 35.8 Å². The highest BCUT2D eigenvalue weighted by atomic mass is 16.5. The maximum Gasteiger partial charge on any atom is 0.341 e. The normalized spacial score (nSPS) is 16.8. The number of nitrogens with zero attached hydrogens (tertiary/aromatic N) is 3. The van der Waals surface area contributed by atoms with Gasteiger partial charge < -0.3 is 9.14 Å². The van der Waals surface area contributed by atoms with Gasteiger partial charge in [0.05, 0.1) is 12.8 Å². The SMILES string of the molecule is COC(=O)c1cccn2cc(CN3CCCCCC3)nc12. The number of hydrogen-bond acceptors (Lipinski definition) is 4. The zero-order chi connectivity index (χ0) is 14.7. The molecule has 1 aliphatic rings. The van der Waals surface area contributed by atoms with Gasteiger partial charge in [-0.25, -0.2) is 9.78 Å². The van der Waals surface area contributed by atoms with E-state index in [0.717, 1.165) is 25.3 Å². The van der Waals surface area contributed by atoms with Crippen LogP contribution < -0.4 is 0 Å². The van der Waals surface area contributed by atoms with E-state index in [1.165, 1.54) is 32.8 Å². The average Bonchev–Trinajstić information content (AvgIpc) is 2.73. The molecule has 5 nitrogen and oxygen atoms in total. The molecule has 3 rings (SSSR count). The summed E-state index contributed by atoms with van der Waals surface area (Å²) in [6.07, 6.45) is 9.11. The summed E-state index contributed by atoms with van der Waals surface area (Å²) in [6.45, 7) is 3.12. The van der Waals surface area contributed by atoms with Crippen LogP contribution in [0.3, 0.4) is 0 Å². The molecule has 0 aliphatic carbocycles. The van der Waals surface area contributed by atoms with E-state index in [1.807, 2.05) is 22.9 Å². The lowest BCUT2D eigenvalue weighted by Crippen LogP contribution is -2.24. The summed E-state index contributed by atoms with van der Waals surface area (Å²) in [4.78, 5) is 18.9. The third-order valence-corrected chi connectivity index (χ3v) is 4.02. The number of ether oxygens (including phenoxy) is 1. The standard InChI is InChI=1S/C16H21N3O2/c1-21-16(20)14-7-6-10-19-12-13(17-15(14)19)11-18-8-4-2-3-5-9-18/h6-7,10,12H,2-5,8-9,11H2,1H3. The van der Waals surface area contributed by atoms with Crippen molar-refractivity contribution in [3.63, 3.8) is 0 Å². The Bertz CT molecular complexity index is 627. The van der Waals surface area contributed by atoms with Gasteiger partial charge in [-0.15, -0.1) is 0 Å². The third kappa shape index (κ3) is 3.08. The number of imidazole rings is 1. The summed E-state index contributed by atoms with van der Waals surface area (Å²) >= 11 is 0. The van der Waals surface area contributed by atoms with E-state index in [4.69, 9.17) is 4.74 Å². The molecule has 0 atom stereocenters. The topological polar surface area (TPSA) is 46.8 Å². The summed E-state index contributed by atoms with van der Waals surface area (Å²) in [5.74, 6) is -0.340. The molecule has 0 bridgehead atoms. The molecule has 0 unspecified atom stereocenters. The molecule has 1 aliphatic heterocycles. The van der Waals surface area contributed by atoms with Crippen LogP contribution in [0.4, 0.5) is 0 Å². The van der Waals surface area contributed by atoms with Crippen LogP contribution in [-0.4, -0.2) is 40.5 Å². The van der Waals surface area contributed by atoms with Gasteiger partial charge in [0.2, 0.25) is 0 Å². The van der Waals surface area contributed by atoms with Crippen LogP contribution in [-0.2, 0) is 11.3 Å². The second kappa shape index (κ2) is 6.26. The van der Waals surface area contributed by atoms with E-state index in [0.29, 0.717) is 11.2 Å². The van der Waals surface area contributed by atoms with Crippen LogP contribution in [0, 0.1) is 0 Å². The van der Waals surface area contributed by atoms with E-state index in [9.17, 15) is 4.79 Å². The van der Waals surface area contributed by atoms with Gasteiger partial charge in [-0.05, 0) is 38.1 Å². The monoisotopic (exact) mass is 287 g/mol. The molecule has 1 fully saturated rings. The third-order valence-electron chi connectivity index (χ3n) is 4.02. The molecule has 0 aromatic carbocycles. The van der Waals surface area contributed by atoms with E-state index >= 15 is 0 Å². The molecule has 0 radical (unpaired) electrons. The Labute approximate surface area is 124 Å². The summed E-state index contributed by atoms with van der Waals surface area (Å²) in [6, 6.07) is 3.60. The van der Waals surface area contributed by atoms with Gasteiger partial charge in [-0.1, -0.05) is 12.8 Å². The number of esters is 1. The van der Waals surface area contributed by atoms with Gasteiger partial charge in [0.25, 0.3) is 0 Å². The number of methoxy groups -OCH3 is 1. The van der Waals surface area contributed by atoms with Crippen LogP contribution in [0.1, 0.15) is 41.7 Å². The number of rotatable bonds is 3. The van der Waals surface area contributed by atoms with Crippen LogP contribution in [0.15, 0.2) is 24.5 Å². The fourth-order valence-corrected chi connectivity index (χ4v) is 2.93. The molecular weight excluding hydrogens is 266 g/mol. The van der Waals surface area contributed by atoms with Gasteiger partial charge in [-0.3, -0.25) is 4.90 Å². The van der Waals surface area contributed by atoms with E-state index < -0.39 is 0 Å². The van der Waals surface area contributed by atoms with Gasteiger partial charge in [0, 0.05) is 18.9 Å². The van der Waals surface area contributed by atoms with E-state index in [-0.39, 0.29) is 5.97 Å². The van der Waals surface area contributed by atoms with Crippen molar-refractivity contribution in [1.29, 1.82) is 0 Å². The van der Waals surface area contributed by atoms with Crippen molar-refractivity contribution in [3.8, 4) is 0 Å². The molecule has 5 heteroatoms. The van der Waals surface area contributed by atoms with Crippen molar-refractivity contribution in [2.24, 2.45) is 0 Å². The predicted octanol–water partition coefficient (Wildman–Crippen LogP) is 2.50. The summed E-state index contributed by atoms with van der Waals surface area (Å²) in [5, 5.41) is 0. The minimum atomic E-state index is -0.340. The first kappa shape index (κ1) is 14.1. The number of carbonyl (C=O) groups excluding carboxylic acids is 1. The Morgan fingerprint density at radius 3 is 2.76 bits per heavy atom. The fourth-order valence-electron chi connectivity index (χ4n) is 2.93. The lowest BCUT2D eigenvalue weighted by atomic mass is 10.2. The Hall–Kier alpha value is -1.88. The number of pyridine rings is 1. The van der Waals surface area contributed by atoms with Crippen molar-refractivity contribution in [1.82, 2.24) is 14.3 Å². The maximum atomic E-state index is 11.8. The molecule has 0 spiro atoms. The number of fused-ring (bicyclic) bond motifs is 1. The van der Waals surface area contributed by atoms with E-state index in [1.54, 1.807) is 6.07 Å². The molecule has 2 aromatic rings. The van der Waals surface area contributed by atoms with Gasteiger partial charge in [-0.2, -0.15) is 0 Å². The number of hydrogen-bond donors (Lipinski definition) is 0. The first-order chi connectivity index (χ1) is 10.3. The second-order valence-corrected chi connectivity index (χ2v) is 5.57. The summed E-state index contributed by atoms with van der Waals surface area (Å²) in [5.41, 5.74) is 2.20. The fraction of sp³-hybridized carbons (Fsp3) is 0.500. The quantitative estimate of drug-likeness (QED) is 0.814. The van der Waals surface area contributed by atoms with Crippen molar-refractivity contribution >= 4 is 11.6 Å². The molecular formula is C16H21N3O2. The van der Waals surface area contributed by atoms with Crippen molar-refractivity contribution in [2.45, 2.75) is 32.2 Å². The zero-order valence-corrected chi connectivity index (χ0v) is 12.4. The van der Waals surface area contributed by atoms with Gasteiger partial charge >= 0.3 is 5.97 Å². The molecule has 3 heterocycles. The average molecular weight is 287 g/mol. The number of aromatic nitrogens is 2. The molecule has 0 N–H and O–H groups in total. The van der Waals surface area contributed by atoms with Crippen LogP contribution in [0.5, 0.6) is 0 Å². The van der Waals surface area contributed by atoms with Crippen LogP contribution >= 0.6 is 0 Å². The van der Waals surface area contributed by atoms with Gasteiger partial charge in [0.1, 0.15) is 5.56 Å². The van der Waals surface area contributed by atoms with Crippen molar-refractivity contribution in [2.75, 3.05) is 20.2 Å². The predicted molar refractivity (Wildman–Crippen MR) is 80.3 cm³/mol. The molecule has 1 saturated heterocycles. The molecule has 21 heavy (non-hydrogen) atoms. The Kier molecular flexibility index (Phi) is 4.20. The highest BCUT2D eigenvalue weighted by Crippen LogP contribution is 2.16. The minimum absolute atomic E-state index is 0.340. The Morgan fingerprint density at radius 2 is 2.05 bits per heavy atom. The van der Waals surface area contributed by atoms with Crippen LogP contribution in [0.25, 0.3) is 5.65 Å².